The largest absolute Gasteiger partial charge is 0.383 e. The lowest BCUT2D eigenvalue weighted by atomic mass is 10.3. The number of aromatic nitrogens is 2. The maximum atomic E-state index is 12.3. The lowest BCUT2D eigenvalue weighted by Gasteiger charge is -2.08. The van der Waals surface area contributed by atoms with E-state index in [0.717, 1.165) is 21.5 Å². The molecule has 21 heavy (non-hydrogen) atoms. The number of nitrogens with zero attached hydrogens (tertiary/aromatic N) is 2. The average molecular weight is 320 g/mol. The predicted octanol–water partition coefficient (Wildman–Crippen LogP) is 3.53. The smallest absolute Gasteiger partial charge is 0.271 e. The number of nitrogens with one attached hydrogen (secondary N) is 1. The molecule has 0 unspecified atom stereocenters. The molecule has 108 valence electrons. The molecule has 0 fully saturated rings. The molecule has 6 heteroatoms. The molecule has 2 aromatic heterocycles. The summed E-state index contributed by atoms with van der Waals surface area (Å²) in [6, 6.07) is 7.51. The molecule has 0 spiro atoms. The highest BCUT2D eigenvalue weighted by Gasteiger charge is 2.07. The zero-order valence-corrected chi connectivity index (χ0v) is 13.0. The molecule has 0 atom stereocenters. The standard InChI is InChI=1S/C15H14ClN3OS/c1-10-8-21-14-13(10)18-9-19(15(14)20)6-5-17-12-4-2-3-11(16)7-12/h2-4,7-9,17H,5-6H2,1H3. The molecule has 0 bridgehead atoms. The highest BCUT2D eigenvalue weighted by molar-refractivity contribution is 7.17. The fourth-order valence-corrected chi connectivity index (χ4v) is 3.28. The molecule has 2 heterocycles. The topological polar surface area (TPSA) is 46.9 Å². The Balaban J connectivity index is 1.74. The molecule has 3 aromatic rings. The van der Waals surface area contributed by atoms with E-state index in [-0.39, 0.29) is 5.56 Å². The monoisotopic (exact) mass is 319 g/mol. The van der Waals surface area contributed by atoms with E-state index in [1.54, 1.807) is 10.9 Å². The van der Waals surface area contributed by atoms with Gasteiger partial charge in [0.05, 0.1) is 11.8 Å². The SMILES string of the molecule is Cc1csc2c(=O)n(CCNc3cccc(Cl)c3)cnc12. The molecule has 0 aliphatic heterocycles. The maximum absolute atomic E-state index is 12.3. The van der Waals surface area contributed by atoms with Crippen LogP contribution in [0.25, 0.3) is 10.2 Å². The molecule has 1 N–H and O–H groups in total. The molecule has 3 rings (SSSR count). The summed E-state index contributed by atoms with van der Waals surface area (Å²) in [5, 5.41) is 5.90. The summed E-state index contributed by atoms with van der Waals surface area (Å²) in [6.45, 7) is 3.17. The summed E-state index contributed by atoms with van der Waals surface area (Å²) in [6.07, 6.45) is 1.62. The first kappa shape index (κ1) is 14.1. The van der Waals surface area contributed by atoms with E-state index in [1.807, 2.05) is 36.6 Å². The van der Waals surface area contributed by atoms with Gasteiger partial charge in [-0.25, -0.2) is 4.98 Å². The van der Waals surface area contributed by atoms with E-state index in [4.69, 9.17) is 11.6 Å². The fourth-order valence-electron chi connectivity index (χ4n) is 2.14. The number of hydrogen-bond donors (Lipinski definition) is 1. The van der Waals surface area contributed by atoms with Gasteiger partial charge in [0.2, 0.25) is 0 Å². The number of rotatable bonds is 4. The Morgan fingerprint density at radius 2 is 2.29 bits per heavy atom. The van der Waals surface area contributed by atoms with Crippen molar-refractivity contribution < 1.29 is 0 Å². The van der Waals surface area contributed by atoms with Gasteiger partial charge in [0.1, 0.15) is 4.70 Å². The predicted molar refractivity (Wildman–Crippen MR) is 88.6 cm³/mol. The second kappa shape index (κ2) is 5.87. The van der Waals surface area contributed by atoms with Gasteiger partial charge in [-0.15, -0.1) is 11.3 Å². The number of halogens is 1. The van der Waals surface area contributed by atoms with Gasteiger partial charge in [0, 0.05) is 23.8 Å². The minimum absolute atomic E-state index is 0.0194. The molecule has 0 amide bonds. The van der Waals surface area contributed by atoms with Gasteiger partial charge in [-0.1, -0.05) is 17.7 Å². The van der Waals surface area contributed by atoms with Crippen molar-refractivity contribution >= 4 is 38.8 Å². The van der Waals surface area contributed by atoms with Crippen LogP contribution in [0.1, 0.15) is 5.56 Å². The van der Waals surface area contributed by atoms with Crippen molar-refractivity contribution in [2.24, 2.45) is 0 Å². The summed E-state index contributed by atoms with van der Waals surface area (Å²) in [7, 11) is 0. The number of thiophene rings is 1. The van der Waals surface area contributed by atoms with E-state index in [1.165, 1.54) is 11.3 Å². The van der Waals surface area contributed by atoms with Crippen LogP contribution in [-0.2, 0) is 6.54 Å². The van der Waals surface area contributed by atoms with Gasteiger partial charge < -0.3 is 5.32 Å². The fraction of sp³-hybridized carbons (Fsp3) is 0.200. The number of benzene rings is 1. The molecule has 0 aliphatic carbocycles. The van der Waals surface area contributed by atoms with E-state index in [2.05, 4.69) is 10.3 Å². The Morgan fingerprint density at radius 1 is 1.43 bits per heavy atom. The Morgan fingerprint density at radius 3 is 3.10 bits per heavy atom. The Bertz CT molecular complexity index is 840. The number of hydrogen-bond acceptors (Lipinski definition) is 4. The van der Waals surface area contributed by atoms with Crippen LogP contribution in [0.2, 0.25) is 5.02 Å². The van der Waals surface area contributed by atoms with Crippen LogP contribution in [0.5, 0.6) is 0 Å². The molecule has 0 saturated heterocycles. The minimum atomic E-state index is 0.0194. The summed E-state index contributed by atoms with van der Waals surface area (Å²) >= 11 is 7.38. The van der Waals surface area contributed by atoms with Crippen LogP contribution in [0.15, 0.2) is 40.8 Å². The van der Waals surface area contributed by atoms with Crippen molar-refractivity contribution in [1.82, 2.24) is 9.55 Å². The lowest BCUT2D eigenvalue weighted by molar-refractivity contribution is 0.690. The van der Waals surface area contributed by atoms with Gasteiger partial charge in [-0.2, -0.15) is 0 Å². The van der Waals surface area contributed by atoms with E-state index in [9.17, 15) is 4.79 Å². The van der Waals surface area contributed by atoms with Crippen LogP contribution >= 0.6 is 22.9 Å². The first-order chi connectivity index (χ1) is 10.1. The Labute approximate surface area is 131 Å². The van der Waals surface area contributed by atoms with E-state index in [0.29, 0.717) is 18.1 Å². The third-order valence-corrected chi connectivity index (χ3v) is 4.54. The van der Waals surface area contributed by atoms with Gasteiger partial charge in [-0.05, 0) is 36.1 Å². The zero-order valence-electron chi connectivity index (χ0n) is 11.5. The molecular formula is C15H14ClN3OS. The number of fused-ring (bicyclic) bond motifs is 1. The second-order valence-electron chi connectivity index (χ2n) is 4.78. The van der Waals surface area contributed by atoms with Crippen molar-refractivity contribution in [1.29, 1.82) is 0 Å². The minimum Gasteiger partial charge on any atom is -0.383 e. The number of anilines is 1. The van der Waals surface area contributed by atoms with Gasteiger partial charge in [-0.3, -0.25) is 9.36 Å². The van der Waals surface area contributed by atoms with Crippen molar-refractivity contribution in [3.05, 3.63) is 56.9 Å². The summed E-state index contributed by atoms with van der Waals surface area (Å²) in [5.41, 5.74) is 2.82. The molecule has 0 saturated carbocycles. The first-order valence-electron chi connectivity index (χ1n) is 6.58. The Kier molecular flexibility index (Phi) is 3.94. The highest BCUT2D eigenvalue weighted by Crippen LogP contribution is 2.19. The highest BCUT2D eigenvalue weighted by atomic mass is 35.5. The van der Waals surface area contributed by atoms with Crippen LogP contribution < -0.4 is 10.9 Å². The second-order valence-corrected chi connectivity index (χ2v) is 6.09. The zero-order chi connectivity index (χ0) is 14.8. The van der Waals surface area contributed by atoms with Crippen molar-refractivity contribution in [2.75, 3.05) is 11.9 Å². The molecule has 4 nitrogen and oxygen atoms in total. The van der Waals surface area contributed by atoms with E-state index < -0.39 is 0 Å². The summed E-state index contributed by atoms with van der Waals surface area (Å²) in [4.78, 5) is 16.7. The van der Waals surface area contributed by atoms with Crippen molar-refractivity contribution in [2.45, 2.75) is 13.5 Å². The first-order valence-corrected chi connectivity index (χ1v) is 7.83. The van der Waals surface area contributed by atoms with Crippen molar-refractivity contribution in [3.8, 4) is 0 Å². The van der Waals surface area contributed by atoms with Crippen LogP contribution in [0.4, 0.5) is 5.69 Å². The summed E-state index contributed by atoms with van der Waals surface area (Å²) < 4.78 is 2.35. The van der Waals surface area contributed by atoms with E-state index >= 15 is 0 Å². The third-order valence-electron chi connectivity index (χ3n) is 3.23. The van der Waals surface area contributed by atoms with Gasteiger partial charge in [0.25, 0.3) is 5.56 Å². The molecule has 0 radical (unpaired) electrons. The third kappa shape index (κ3) is 2.94. The maximum Gasteiger partial charge on any atom is 0.271 e. The average Bonchev–Trinajstić information content (AvgIpc) is 2.84. The lowest BCUT2D eigenvalue weighted by Crippen LogP contribution is -2.23. The number of aryl methyl sites for hydroxylation is 1. The van der Waals surface area contributed by atoms with Crippen LogP contribution in [0, 0.1) is 6.92 Å². The molecule has 1 aromatic carbocycles. The molecular weight excluding hydrogens is 306 g/mol. The van der Waals surface area contributed by atoms with Gasteiger partial charge >= 0.3 is 0 Å². The normalized spacial score (nSPS) is 11.0. The Hall–Kier alpha value is -1.85. The van der Waals surface area contributed by atoms with Crippen LogP contribution in [0.3, 0.4) is 0 Å². The summed E-state index contributed by atoms with van der Waals surface area (Å²) in [5.74, 6) is 0. The van der Waals surface area contributed by atoms with Crippen molar-refractivity contribution in [3.63, 3.8) is 0 Å². The molecule has 0 aliphatic rings. The quantitative estimate of drug-likeness (QED) is 0.800. The van der Waals surface area contributed by atoms with Gasteiger partial charge in [0.15, 0.2) is 0 Å². The van der Waals surface area contributed by atoms with Crippen LogP contribution in [-0.4, -0.2) is 16.1 Å².